The molecule has 0 amide bonds. The van der Waals surface area contributed by atoms with Crippen molar-refractivity contribution in [1.82, 2.24) is 4.98 Å². The third-order valence-corrected chi connectivity index (χ3v) is 2.31. The maximum absolute atomic E-state index is 13.5. The molecule has 1 aromatic heterocycles. The monoisotopic (exact) mass is 253 g/mol. The van der Waals surface area contributed by atoms with Crippen LogP contribution in [0.1, 0.15) is 10.5 Å². The summed E-state index contributed by atoms with van der Waals surface area (Å²) in [5, 5.41) is 8.89. The van der Waals surface area contributed by atoms with Gasteiger partial charge in [-0.3, -0.25) is 0 Å². The van der Waals surface area contributed by atoms with E-state index in [0.29, 0.717) is 12.1 Å². The van der Waals surface area contributed by atoms with Crippen LogP contribution >= 0.6 is 0 Å². The third kappa shape index (κ3) is 2.04. The summed E-state index contributed by atoms with van der Waals surface area (Å²) in [6, 6.07) is 3.62. The first-order valence-corrected chi connectivity index (χ1v) is 4.84. The Bertz CT molecular complexity index is 629. The first-order chi connectivity index (χ1) is 8.50. The normalized spacial score (nSPS) is 10.4. The number of aromatic nitrogens is 1. The largest absolute Gasteiger partial charge is 0.476 e. The lowest BCUT2D eigenvalue weighted by Gasteiger charge is -2.07. The van der Waals surface area contributed by atoms with Gasteiger partial charge in [-0.25, -0.2) is 22.9 Å². The van der Waals surface area contributed by atoms with Gasteiger partial charge < -0.3 is 5.11 Å². The minimum atomic E-state index is -1.38. The Morgan fingerprint density at radius 3 is 2.39 bits per heavy atom. The van der Waals surface area contributed by atoms with Gasteiger partial charge in [-0.05, 0) is 12.1 Å². The van der Waals surface area contributed by atoms with Crippen molar-refractivity contribution in [3.63, 3.8) is 0 Å². The molecule has 1 N–H and O–H groups in total. The van der Waals surface area contributed by atoms with Crippen LogP contribution in [0.3, 0.4) is 0 Å². The van der Waals surface area contributed by atoms with Crippen LogP contribution in [0.25, 0.3) is 11.1 Å². The third-order valence-electron chi connectivity index (χ3n) is 2.31. The van der Waals surface area contributed by atoms with Crippen molar-refractivity contribution in [2.45, 2.75) is 0 Å². The number of nitrogens with zero attached hydrogens (tertiary/aromatic N) is 1. The van der Waals surface area contributed by atoms with E-state index in [0.717, 1.165) is 0 Å². The molecule has 0 radical (unpaired) electrons. The molecule has 0 atom stereocenters. The number of carboxylic acids is 1. The molecule has 2 aromatic rings. The summed E-state index contributed by atoms with van der Waals surface area (Å²) in [5.74, 6) is -5.03. The van der Waals surface area contributed by atoms with Crippen molar-refractivity contribution < 1.29 is 23.1 Å². The molecule has 0 aliphatic heterocycles. The van der Waals surface area contributed by atoms with Crippen LogP contribution in [0.15, 0.2) is 30.5 Å². The minimum Gasteiger partial charge on any atom is -0.476 e. The van der Waals surface area contributed by atoms with Crippen molar-refractivity contribution in [3.8, 4) is 11.1 Å². The second-order valence-electron chi connectivity index (χ2n) is 3.45. The highest BCUT2D eigenvalue weighted by Crippen LogP contribution is 2.27. The molecule has 0 aliphatic carbocycles. The summed E-state index contributed by atoms with van der Waals surface area (Å²) in [4.78, 5) is 14.5. The lowest BCUT2D eigenvalue weighted by Crippen LogP contribution is -2.04. The van der Waals surface area contributed by atoms with Crippen LogP contribution in [-0.2, 0) is 0 Å². The van der Waals surface area contributed by atoms with E-state index in [-0.39, 0.29) is 11.1 Å². The molecule has 3 nitrogen and oxygen atoms in total. The van der Waals surface area contributed by atoms with E-state index in [1.54, 1.807) is 0 Å². The van der Waals surface area contributed by atoms with Crippen LogP contribution in [0.4, 0.5) is 13.2 Å². The molecule has 2 rings (SSSR count). The number of benzene rings is 1. The predicted molar refractivity (Wildman–Crippen MR) is 56.5 cm³/mol. The van der Waals surface area contributed by atoms with E-state index in [1.807, 2.05) is 0 Å². The van der Waals surface area contributed by atoms with Crippen LogP contribution < -0.4 is 0 Å². The number of carbonyl (C=O) groups is 1. The van der Waals surface area contributed by atoms with E-state index in [9.17, 15) is 18.0 Å². The van der Waals surface area contributed by atoms with E-state index < -0.39 is 29.1 Å². The maximum Gasteiger partial charge on any atom is 0.355 e. The van der Waals surface area contributed by atoms with Crippen molar-refractivity contribution in [2.24, 2.45) is 0 Å². The summed E-state index contributed by atoms with van der Waals surface area (Å²) < 4.78 is 39.4. The molecular formula is C12H6F3NO2. The Balaban J connectivity index is 2.69. The van der Waals surface area contributed by atoms with Gasteiger partial charge in [0.2, 0.25) is 0 Å². The second kappa shape index (κ2) is 4.48. The zero-order valence-corrected chi connectivity index (χ0v) is 8.82. The fourth-order valence-electron chi connectivity index (χ4n) is 1.52. The molecule has 0 unspecified atom stereocenters. The van der Waals surface area contributed by atoms with Crippen molar-refractivity contribution in [3.05, 3.63) is 53.6 Å². The number of hydrogen-bond donors (Lipinski definition) is 1. The fourth-order valence-corrected chi connectivity index (χ4v) is 1.52. The molecule has 0 aliphatic rings. The molecule has 0 fully saturated rings. The van der Waals surface area contributed by atoms with Crippen LogP contribution in [0, 0.1) is 17.5 Å². The molecule has 1 heterocycles. The summed E-state index contributed by atoms with van der Waals surface area (Å²) in [5.41, 5.74) is -0.886. The van der Waals surface area contributed by atoms with Gasteiger partial charge in [-0.15, -0.1) is 0 Å². The number of hydrogen-bond acceptors (Lipinski definition) is 2. The van der Waals surface area contributed by atoms with Crippen LogP contribution in [0.2, 0.25) is 0 Å². The first kappa shape index (κ1) is 12.1. The molecule has 1 aromatic carbocycles. The van der Waals surface area contributed by atoms with Crippen LogP contribution in [0.5, 0.6) is 0 Å². The Morgan fingerprint density at radius 1 is 1.06 bits per heavy atom. The molecule has 0 saturated carbocycles. The molecule has 92 valence electrons. The van der Waals surface area contributed by atoms with Crippen LogP contribution in [-0.4, -0.2) is 16.1 Å². The van der Waals surface area contributed by atoms with Gasteiger partial charge in [-0.2, -0.15) is 0 Å². The minimum absolute atomic E-state index is 0.110. The summed E-state index contributed by atoms with van der Waals surface area (Å²) in [6.45, 7) is 0. The summed E-state index contributed by atoms with van der Waals surface area (Å²) in [7, 11) is 0. The summed E-state index contributed by atoms with van der Waals surface area (Å²) in [6.07, 6.45) is 1.21. The van der Waals surface area contributed by atoms with Gasteiger partial charge in [0.1, 0.15) is 5.82 Å². The highest BCUT2D eigenvalue weighted by Gasteiger charge is 2.18. The smallest absolute Gasteiger partial charge is 0.355 e. The average Bonchev–Trinajstić information content (AvgIpc) is 2.34. The van der Waals surface area contributed by atoms with E-state index in [2.05, 4.69) is 4.98 Å². The van der Waals surface area contributed by atoms with Gasteiger partial charge in [0, 0.05) is 23.4 Å². The van der Waals surface area contributed by atoms with E-state index >= 15 is 0 Å². The maximum atomic E-state index is 13.5. The lowest BCUT2D eigenvalue weighted by atomic mass is 10.0. The fraction of sp³-hybridized carbons (Fsp3) is 0. The highest BCUT2D eigenvalue weighted by atomic mass is 19.2. The average molecular weight is 253 g/mol. The predicted octanol–water partition coefficient (Wildman–Crippen LogP) is 2.86. The van der Waals surface area contributed by atoms with Crippen molar-refractivity contribution >= 4 is 5.97 Å². The van der Waals surface area contributed by atoms with Crippen molar-refractivity contribution in [1.29, 1.82) is 0 Å². The molecular weight excluding hydrogens is 247 g/mol. The Hall–Kier alpha value is -2.37. The van der Waals surface area contributed by atoms with E-state index in [1.165, 1.54) is 18.3 Å². The SMILES string of the molecule is O=C(O)c1ncccc1-c1cc(F)c(F)cc1F. The Kier molecular flexibility index (Phi) is 3.01. The van der Waals surface area contributed by atoms with Gasteiger partial charge in [0.05, 0.1) is 0 Å². The summed E-state index contributed by atoms with van der Waals surface area (Å²) >= 11 is 0. The molecule has 6 heteroatoms. The highest BCUT2D eigenvalue weighted by molar-refractivity contribution is 5.93. The zero-order chi connectivity index (χ0) is 13.3. The Morgan fingerprint density at radius 2 is 1.72 bits per heavy atom. The number of rotatable bonds is 2. The number of pyridine rings is 1. The first-order valence-electron chi connectivity index (χ1n) is 4.84. The molecule has 18 heavy (non-hydrogen) atoms. The second-order valence-corrected chi connectivity index (χ2v) is 3.45. The molecule has 0 spiro atoms. The lowest BCUT2D eigenvalue weighted by molar-refractivity contribution is 0.0691. The van der Waals surface area contributed by atoms with Gasteiger partial charge in [0.15, 0.2) is 17.3 Å². The van der Waals surface area contributed by atoms with E-state index in [4.69, 9.17) is 5.11 Å². The molecule has 0 bridgehead atoms. The number of carboxylic acid groups (broad SMARTS) is 1. The van der Waals surface area contributed by atoms with Gasteiger partial charge in [0.25, 0.3) is 0 Å². The standard InChI is InChI=1S/C12H6F3NO2/c13-8-5-10(15)9(14)4-7(8)6-2-1-3-16-11(6)12(17)18/h1-5H,(H,17,18). The van der Waals surface area contributed by atoms with Gasteiger partial charge >= 0.3 is 5.97 Å². The zero-order valence-electron chi connectivity index (χ0n) is 8.82. The van der Waals surface area contributed by atoms with Gasteiger partial charge in [-0.1, -0.05) is 6.07 Å². The number of halogens is 3. The number of aromatic carboxylic acids is 1. The van der Waals surface area contributed by atoms with Crippen molar-refractivity contribution in [2.75, 3.05) is 0 Å². The molecule has 0 saturated heterocycles. The topological polar surface area (TPSA) is 50.2 Å². The quantitative estimate of drug-likeness (QED) is 0.837. The Labute approximate surface area is 99.5 Å².